The van der Waals surface area contributed by atoms with Crippen LogP contribution in [-0.2, 0) is 0 Å². The highest BCUT2D eigenvalue weighted by atomic mass is 79.9. The fourth-order valence-electron chi connectivity index (χ4n) is 2.56. The molecule has 0 amide bonds. The number of hydrogen-bond donors (Lipinski definition) is 0. The Labute approximate surface area is 132 Å². The fraction of sp³-hybridized carbons (Fsp3) is 0.533. The number of hydrogen-bond acceptors (Lipinski definition) is 2. The molecule has 0 aliphatic carbocycles. The largest absolute Gasteiger partial charge is 0.297 e. The molecule has 0 unspecified atom stereocenters. The molecule has 1 fully saturated rings. The van der Waals surface area contributed by atoms with E-state index in [1.54, 1.807) is 0 Å². The zero-order chi connectivity index (χ0) is 14.2. The van der Waals surface area contributed by atoms with Crippen molar-refractivity contribution in [1.82, 2.24) is 4.90 Å². The summed E-state index contributed by atoms with van der Waals surface area (Å²) in [6, 6.07) is 8.78. The van der Waals surface area contributed by atoms with Gasteiger partial charge in [-0.2, -0.15) is 5.26 Å². The first-order valence-electron chi connectivity index (χ1n) is 6.42. The zero-order valence-electron chi connectivity index (χ0n) is 11.5. The Kier molecular flexibility index (Phi) is 4.39. The Hall–Kier alpha value is -0.370. The Morgan fingerprint density at radius 1 is 1.21 bits per heavy atom. The molecule has 1 heterocycles. The molecule has 0 saturated carbocycles. The van der Waals surface area contributed by atoms with Gasteiger partial charge in [0.2, 0.25) is 0 Å². The molecular formula is C15H18Br2N2. The lowest BCUT2D eigenvalue weighted by molar-refractivity contribution is 0.170. The number of likely N-dealkylation sites (tertiary alicyclic amines) is 1. The van der Waals surface area contributed by atoms with Gasteiger partial charge >= 0.3 is 0 Å². The number of benzene rings is 1. The second kappa shape index (κ2) is 5.55. The smallest absolute Gasteiger partial charge is 0.0676 e. The molecule has 2 rings (SSSR count). The molecule has 1 aliphatic rings. The molecule has 0 aromatic heterocycles. The molecule has 2 atom stereocenters. The van der Waals surface area contributed by atoms with Crippen molar-refractivity contribution in [3.05, 3.63) is 32.7 Å². The van der Waals surface area contributed by atoms with Crippen LogP contribution in [0, 0.1) is 17.2 Å². The molecule has 19 heavy (non-hydrogen) atoms. The summed E-state index contributed by atoms with van der Waals surface area (Å²) < 4.78 is 2.10. The Morgan fingerprint density at radius 3 is 2.42 bits per heavy atom. The van der Waals surface area contributed by atoms with Gasteiger partial charge in [0.05, 0.1) is 12.0 Å². The van der Waals surface area contributed by atoms with Gasteiger partial charge in [0.15, 0.2) is 0 Å². The maximum absolute atomic E-state index is 9.41. The van der Waals surface area contributed by atoms with Crippen molar-refractivity contribution in [3.8, 4) is 6.07 Å². The number of rotatable bonds is 1. The Bertz CT molecular complexity index is 514. The van der Waals surface area contributed by atoms with Crippen molar-refractivity contribution in [1.29, 1.82) is 5.26 Å². The summed E-state index contributed by atoms with van der Waals surface area (Å²) in [5.74, 6) is 0.376. The monoisotopic (exact) mass is 384 g/mol. The molecule has 0 radical (unpaired) electrons. The highest BCUT2D eigenvalue weighted by Crippen LogP contribution is 2.37. The third-order valence-corrected chi connectivity index (χ3v) is 5.69. The molecule has 1 aromatic carbocycles. The lowest BCUT2D eigenvalue weighted by Gasteiger charge is -2.31. The molecule has 1 aromatic rings. The SMILES string of the molecule is CC(C)(C)N1C[C@@H](C#N)[C@H](c2ccc(Br)c(Br)c2)C1. The highest BCUT2D eigenvalue weighted by molar-refractivity contribution is 9.13. The Balaban J connectivity index is 2.28. The second-order valence-corrected chi connectivity index (χ2v) is 7.80. The Morgan fingerprint density at radius 2 is 1.89 bits per heavy atom. The first-order valence-corrected chi connectivity index (χ1v) is 8.01. The summed E-state index contributed by atoms with van der Waals surface area (Å²) in [5.41, 5.74) is 1.37. The average Bonchev–Trinajstić information content (AvgIpc) is 2.76. The van der Waals surface area contributed by atoms with Crippen molar-refractivity contribution in [3.63, 3.8) is 0 Å². The van der Waals surface area contributed by atoms with Gasteiger partial charge in [0.25, 0.3) is 0 Å². The van der Waals surface area contributed by atoms with Crippen LogP contribution in [0.25, 0.3) is 0 Å². The summed E-state index contributed by atoms with van der Waals surface area (Å²) in [6.07, 6.45) is 0. The quantitative estimate of drug-likeness (QED) is 0.708. The zero-order valence-corrected chi connectivity index (χ0v) is 14.6. The summed E-state index contributed by atoms with van der Waals surface area (Å²) >= 11 is 7.04. The third-order valence-electron chi connectivity index (χ3n) is 3.81. The van der Waals surface area contributed by atoms with E-state index in [1.165, 1.54) is 5.56 Å². The maximum atomic E-state index is 9.41. The van der Waals surface area contributed by atoms with Crippen LogP contribution >= 0.6 is 31.9 Å². The average molecular weight is 386 g/mol. The minimum atomic E-state index is 0.0762. The number of halogens is 2. The lowest BCUT2D eigenvalue weighted by atomic mass is 9.90. The predicted molar refractivity (Wildman–Crippen MR) is 85.0 cm³/mol. The third kappa shape index (κ3) is 3.21. The summed E-state index contributed by atoms with van der Waals surface area (Å²) in [4.78, 5) is 2.40. The van der Waals surface area contributed by atoms with Crippen LogP contribution in [0.5, 0.6) is 0 Å². The van der Waals surface area contributed by atoms with Gasteiger partial charge in [-0.25, -0.2) is 0 Å². The first-order chi connectivity index (χ1) is 8.82. The predicted octanol–water partition coefficient (Wildman–Crippen LogP) is 4.55. The standard InChI is InChI=1S/C15H18Br2N2/c1-15(2,3)19-8-11(7-18)12(9-19)10-4-5-13(16)14(17)6-10/h4-6,11-12H,8-9H2,1-3H3/t11-,12+/m1/s1. The van der Waals surface area contributed by atoms with Gasteiger partial charge in [-0.1, -0.05) is 6.07 Å². The van der Waals surface area contributed by atoms with Gasteiger partial charge in [-0.3, -0.25) is 4.90 Å². The van der Waals surface area contributed by atoms with Gasteiger partial charge in [0.1, 0.15) is 0 Å². The van der Waals surface area contributed by atoms with E-state index in [0.717, 1.165) is 22.0 Å². The van der Waals surface area contributed by atoms with Crippen LogP contribution in [0.4, 0.5) is 0 Å². The molecule has 0 bridgehead atoms. The van der Waals surface area contributed by atoms with E-state index in [9.17, 15) is 5.26 Å². The lowest BCUT2D eigenvalue weighted by Crippen LogP contribution is -2.39. The number of nitrogens with zero attached hydrogens (tertiary/aromatic N) is 2. The van der Waals surface area contributed by atoms with E-state index in [1.807, 2.05) is 6.07 Å². The molecule has 2 nitrogen and oxygen atoms in total. The molecular weight excluding hydrogens is 368 g/mol. The second-order valence-electron chi connectivity index (χ2n) is 6.09. The van der Waals surface area contributed by atoms with E-state index < -0.39 is 0 Å². The van der Waals surface area contributed by atoms with Gasteiger partial charge in [0, 0.05) is 33.5 Å². The van der Waals surface area contributed by atoms with E-state index in [0.29, 0.717) is 5.92 Å². The summed E-state index contributed by atoms with van der Waals surface area (Å²) in [5, 5.41) is 9.41. The van der Waals surface area contributed by atoms with Crippen LogP contribution in [-0.4, -0.2) is 23.5 Å². The van der Waals surface area contributed by atoms with E-state index in [4.69, 9.17) is 0 Å². The van der Waals surface area contributed by atoms with Crippen molar-refractivity contribution < 1.29 is 0 Å². The van der Waals surface area contributed by atoms with E-state index in [2.05, 4.69) is 75.7 Å². The molecule has 0 spiro atoms. The van der Waals surface area contributed by atoms with Crippen LogP contribution in [0.3, 0.4) is 0 Å². The highest BCUT2D eigenvalue weighted by Gasteiger charge is 2.38. The van der Waals surface area contributed by atoms with Crippen molar-refractivity contribution >= 4 is 31.9 Å². The maximum Gasteiger partial charge on any atom is 0.0676 e. The van der Waals surface area contributed by atoms with Crippen LogP contribution in [0.1, 0.15) is 32.3 Å². The van der Waals surface area contributed by atoms with E-state index in [-0.39, 0.29) is 11.5 Å². The first kappa shape index (κ1) is 15.0. The van der Waals surface area contributed by atoms with Gasteiger partial charge in [-0.05, 0) is 70.3 Å². The van der Waals surface area contributed by atoms with Crippen LogP contribution < -0.4 is 0 Å². The summed E-state index contributed by atoms with van der Waals surface area (Å²) in [7, 11) is 0. The minimum Gasteiger partial charge on any atom is -0.297 e. The normalized spacial score (nSPS) is 24.4. The molecule has 1 aliphatic heterocycles. The van der Waals surface area contributed by atoms with Crippen LogP contribution in [0.15, 0.2) is 27.1 Å². The molecule has 0 N–H and O–H groups in total. The van der Waals surface area contributed by atoms with Gasteiger partial charge < -0.3 is 0 Å². The molecule has 102 valence electrons. The molecule has 4 heteroatoms. The van der Waals surface area contributed by atoms with Crippen molar-refractivity contribution in [2.75, 3.05) is 13.1 Å². The number of nitriles is 1. The van der Waals surface area contributed by atoms with Crippen LogP contribution in [0.2, 0.25) is 0 Å². The minimum absolute atomic E-state index is 0.0762. The topological polar surface area (TPSA) is 27.0 Å². The van der Waals surface area contributed by atoms with Crippen molar-refractivity contribution in [2.45, 2.75) is 32.2 Å². The van der Waals surface area contributed by atoms with Crippen molar-refractivity contribution in [2.24, 2.45) is 5.92 Å². The fourth-order valence-corrected chi connectivity index (χ4v) is 3.21. The summed E-state index contributed by atoms with van der Waals surface area (Å²) in [6.45, 7) is 8.44. The van der Waals surface area contributed by atoms with E-state index >= 15 is 0 Å². The van der Waals surface area contributed by atoms with Gasteiger partial charge in [-0.15, -0.1) is 0 Å². The molecule has 1 saturated heterocycles.